The van der Waals surface area contributed by atoms with Crippen molar-refractivity contribution in [1.82, 2.24) is 4.98 Å². The maximum atomic E-state index is 3.36. The molecule has 2 aliphatic carbocycles. The van der Waals surface area contributed by atoms with Gasteiger partial charge in [0.2, 0.25) is 0 Å². The van der Waals surface area contributed by atoms with Crippen molar-refractivity contribution in [2.75, 3.05) is 0 Å². The number of halogens is 2. The maximum absolute atomic E-state index is 3.36. The van der Waals surface area contributed by atoms with E-state index in [2.05, 4.69) is 35.3 Å². The summed E-state index contributed by atoms with van der Waals surface area (Å²) in [4.78, 5) is 3.36. The van der Waals surface area contributed by atoms with Crippen LogP contribution in [0.25, 0.3) is 0 Å². The molecular formula is C11H11Cl2NZr. The molecule has 1 nitrogen and oxygen atoms in total. The Hall–Kier alpha value is 0.223. The first-order valence-corrected chi connectivity index (χ1v) is 7.15. The molecule has 15 heavy (non-hydrogen) atoms. The molecule has 3 rings (SSSR count). The van der Waals surface area contributed by atoms with Crippen LogP contribution in [0.1, 0.15) is 12.8 Å². The summed E-state index contributed by atoms with van der Waals surface area (Å²) in [5, 5.41) is 0. The van der Waals surface area contributed by atoms with Crippen molar-refractivity contribution in [2.45, 2.75) is 16.0 Å². The fourth-order valence-electron chi connectivity index (χ4n) is 2.12. The molecule has 1 aromatic heterocycles. The van der Waals surface area contributed by atoms with Gasteiger partial charge in [-0.05, 0) is 0 Å². The molecule has 1 heterocycles. The van der Waals surface area contributed by atoms with Crippen LogP contribution in [0.3, 0.4) is 0 Å². The molecule has 1 aromatic rings. The van der Waals surface area contributed by atoms with Crippen molar-refractivity contribution in [3.63, 3.8) is 0 Å². The fraction of sp³-hybridized carbons (Fsp3) is 0.273. The molecule has 1 fully saturated rings. The zero-order valence-corrected chi connectivity index (χ0v) is 12.1. The summed E-state index contributed by atoms with van der Waals surface area (Å²) in [7, 11) is 0. The summed E-state index contributed by atoms with van der Waals surface area (Å²) in [5.74, 6) is 0. The summed E-state index contributed by atoms with van der Waals surface area (Å²) in [6, 6.07) is 4.37. The fourth-order valence-corrected chi connectivity index (χ4v) is 6.09. The van der Waals surface area contributed by atoms with Crippen molar-refractivity contribution in [3.8, 4) is 0 Å². The Morgan fingerprint density at radius 2 is 2.20 bits per heavy atom. The van der Waals surface area contributed by atoms with Crippen molar-refractivity contribution in [1.29, 1.82) is 0 Å². The minimum atomic E-state index is -0.455. The molecule has 0 bridgehead atoms. The monoisotopic (exact) mass is 317 g/mol. The van der Waals surface area contributed by atoms with Crippen LogP contribution in [0.4, 0.5) is 0 Å². The van der Waals surface area contributed by atoms with E-state index < -0.39 is 23.2 Å². The molecule has 0 spiro atoms. The number of aromatic amines is 1. The molecule has 0 amide bonds. The van der Waals surface area contributed by atoms with Gasteiger partial charge in [-0.15, -0.1) is 0 Å². The van der Waals surface area contributed by atoms with Gasteiger partial charge in [0.05, 0.1) is 0 Å². The molecule has 0 radical (unpaired) electrons. The summed E-state index contributed by atoms with van der Waals surface area (Å²) >= 11 is -0.455. The Morgan fingerprint density at radius 1 is 1.33 bits per heavy atom. The van der Waals surface area contributed by atoms with Gasteiger partial charge in [0.15, 0.2) is 0 Å². The molecule has 78 valence electrons. The first kappa shape index (κ1) is 13.3. The van der Waals surface area contributed by atoms with E-state index in [1.54, 1.807) is 5.57 Å². The van der Waals surface area contributed by atoms with Crippen LogP contribution in [-0.2, 0) is 23.2 Å². The van der Waals surface area contributed by atoms with E-state index in [1.807, 2.05) is 6.20 Å². The number of hydrogen-bond acceptors (Lipinski definition) is 0. The van der Waals surface area contributed by atoms with E-state index in [0.717, 1.165) is 0 Å². The summed E-state index contributed by atoms with van der Waals surface area (Å²) in [5.41, 5.74) is 1.70. The summed E-state index contributed by atoms with van der Waals surface area (Å²) in [6.45, 7) is 0. The third-order valence-corrected chi connectivity index (χ3v) is 7.33. The number of aromatic nitrogens is 1. The second-order valence-corrected chi connectivity index (χ2v) is 7.86. The van der Waals surface area contributed by atoms with Gasteiger partial charge in [-0.3, -0.25) is 0 Å². The first-order valence-electron chi connectivity index (χ1n) is 4.70. The van der Waals surface area contributed by atoms with Gasteiger partial charge in [-0.1, -0.05) is 0 Å². The van der Waals surface area contributed by atoms with E-state index in [1.165, 1.54) is 16.2 Å². The number of rotatable bonds is 2. The maximum Gasteiger partial charge on any atom is -1.00 e. The van der Waals surface area contributed by atoms with E-state index in [0.29, 0.717) is 3.12 Å². The van der Waals surface area contributed by atoms with Crippen LogP contribution in [0.15, 0.2) is 42.1 Å². The van der Waals surface area contributed by atoms with Crippen molar-refractivity contribution >= 4 is 3.40 Å². The zero-order valence-electron chi connectivity index (χ0n) is 8.13. The number of nitrogens with one attached hydrogen (secondary N) is 1. The molecule has 0 aliphatic heterocycles. The Bertz CT molecular complexity index is 383. The van der Waals surface area contributed by atoms with Crippen LogP contribution < -0.4 is 28.2 Å². The largest absolute Gasteiger partial charge is 1.00 e. The van der Waals surface area contributed by atoms with Gasteiger partial charge >= 0.3 is 89.7 Å². The second-order valence-electron chi connectivity index (χ2n) is 3.73. The zero-order chi connectivity index (χ0) is 8.73. The van der Waals surface area contributed by atoms with E-state index >= 15 is 0 Å². The van der Waals surface area contributed by atoms with Crippen LogP contribution in [0.5, 0.6) is 0 Å². The van der Waals surface area contributed by atoms with Gasteiger partial charge in [0.25, 0.3) is 0 Å². The van der Waals surface area contributed by atoms with Gasteiger partial charge in [0, 0.05) is 0 Å². The molecular weight excluding hydrogens is 308 g/mol. The average molecular weight is 319 g/mol. The first-order chi connectivity index (χ1) is 6.39. The van der Waals surface area contributed by atoms with Crippen LogP contribution in [0, 0.1) is 0 Å². The third-order valence-electron chi connectivity index (χ3n) is 3.00. The molecule has 4 heteroatoms. The minimum absolute atomic E-state index is 0. The average Bonchev–Trinajstić information content (AvgIpc) is 2.68. The Kier molecular flexibility index (Phi) is 4.46. The quantitative estimate of drug-likeness (QED) is 0.575. The third kappa shape index (κ3) is 2.18. The minimum Gasteiger partial charge on any atom is -1.00 e. The van der Waals surface area contributed by atoms with Crippen LogP contribution >= 0.6 is 0 Å². The molecule has 0 saturated heterocycles. The second kappa shape index (κ2) is 5.04. The Labute approximate surface area is 114 Å². The molecule has 1 atom stereocenters. The van der Waals surface area contributed by atoms with Crippen molar-refractivity contribution in [2.24, 2.45) is 0 Å². The number of H-pyrrole nitrogens is 1. The summed E-state index contributed by atoms with van der Waals surface area (Å²) < 4.78 is 2.11. The van der Waals surface area contributed by atoms with Crippen molar-refractivity contribution in [3.05, 3.63) is 42.1 Å². The Morgan fingerprint density at radius 3 is 2.73 bits per heavy atom. The number of hydrogen-bond donors (Lipinski definition) is 1. The van der Waals surface area contributed by atoms with Gasteiger partial charge in [-0.2, -0.15) is 0 Å². The van der Waals surface area contributed by atoms with E-state index in [9.17, 15) is 0 Å². The molecule has 1 N–H and O–H groups in total. The standard InChI is InChI=1S/C7H7.C4H4N.2ClH.Zr/c1-2-6-4-5-7(6)3-1;1-2-4-5-3-1;;;/h1-3H,4-5H2;1-3,5H;2*1H;/q;;;;+2/p-2. The topological polar surface area (TPSA) is 15.8 Å². The van der Waals surface area contributed by atoms with Gasteiger partial charge < -0.3 is 24.8 Å². The molecule has 1 saturated carbocycles. The smallest absolute Gasteiger partial charge is 1.00 e. The van der Waals surface area contributed by atoms with Gasteiger partial charge in [0.1, 0.15) is 0 Å². The predicted molar refractivity (Wildman–Crippen MR) is 49.6 cm³/mol. The van der Waals surface area contributed by atoms with Crippen LogP contribution in [-0.4, -0.2) is 4.98 Å². The molecule has 0 aromatic carbocycles. The number of allylic oxidation sites excluding steroid dienone is 4. The molecule has 1 unspecified atom stereocenters. The van der Waals surface area contributed by atoms with Gasteiger partial charge in [-0.25, -0.2) is 0 Å². The van der Waals surface area contributed by atoms with Crippen LogP contribution in [0.2, 0.25) is 3.12 Å². The van der Waals surface area contributed by atoms with E-state index in [4.69, 9.17) is 0 Å². The van der Waals surface area contributed by atoms with E-state index in [-0.39, 0.29) is 24.8 Å². The predicted octanol–water partition coefficient (Wildman–Crippen LogP) is -3.82. The number of fused-ring (bicyclic) bond motifs is 1. The summed E-state index contributed by atoms with van der Waals surface area (Å²) in [6.07, 6.45) is 11.8. The Balaban J connectivity index is 0.000000562. The normalized spacial score (nSPS) is 25.2. The SMILES string of the molecule is C1=C[C]2([Zr+2][c]3ccc[nH]3)CCC2=C1.[Cl-].[Cl-]. The van der Waals surface area contributed by atoms with Crippen molar-refractivity contribution < 1.29 is 48.0 Å². The molecule has 2 aliphatic rings.